The van der Waals surface area contributed by atoms with Crippen molar-refractivity contribution in [1.82, 2.24) is 9.80 Å². The number of alkyl halides is 1. The molecule has 2 aliphatic rings. The summed E-state index contributed by atoms with van der Waals surface area (Å²) >= 11 is 7.98. The Morgan fingerprint density at radius 3 is 2.71 bits per heavy atom. The van der Waals surface area contributed by atoms with Crippen LogP contribution < -0.4 is 0 Å². The van der Waals surface area contributed by atoms with Crippen molar-refractivity contribution in [1.29, 1.82) is 0 Å². The van der Waals surface area contributed by atoms with Crippen molar-refractivity contribution in [3.63, 3.8) is 0 Å². The summed E-state index contributed by atoms with van der Waals surface area (Å²) < 4.78 is 5.41. The lowest BCUT2D eigenvalue weighted by molar-refractivity contribution is -0.141. The van der Waals surface area contributed by atoms with Gasteiger partial charge in [-0.05, 0) is 26.0 Å². The highest BCUT2D eigenvalue weighted by atomic mass is 35.5. The van der Waals surface area contributed by atoms with E-state index in [1.54, 1.807) is 0 Å². The zero-order valence-electron chi connectivity index (χ0n) is 13.1. The van der Waals surface area contributed by atoms with E-state index in [9.17, 15) is 4.79 Å². The van der Waals surface area contributed by atoms with Gasteiger partial charge in [-0.3, -0.25) is 9.69 Å². The molecule has 0 bridgehead atoms. The van der Waals surface area contributed by atoms with E-state index in [1.807, 2.05) is 25.6 Å². The third-order valence-corrected chi connectivity index (χ3v) is 6.05. The Bertz CT molecular complexity index is 349. The average Bonchev–Trinajstić information content (AvgIpc) is 2.73. The minimum atomic E-state index is -0.472. The van der Waals surface area contributed by atoms with Gasteiger partial charge in [0.2, 0.25) is 5.91 Å². The number of amides is 1. The number of halogens is 1. The molecule has 0 aromatic heterocycles. The van der Waals surface area contributed by atoms with Crippen molar-refractivity contribution in [2.45, 2.75) is 26.3 Å². The van der Waals surface area contributed by atoms with Crippen LogP contribution in [0.15, 0.2) is 0 Å². The molecule has 122 valence electrons. The first kappa shape index (κ1) is 17.4. The fraction of sp³-hybridized carbons (Fsp3) is 0.933. The standard InChI is InChI=1S/C15H27ClN2O2S/c1-15(2,12-16)14(19)18-4-3-9-21-11-13(18)10-17-5-7-20-8-6-17/h13H,3-12H2,1-2H3. The fourth-order valence-corrected chi connectivity index (χ4v) is 3.95. The van der Waals surface area contributed by atoms with Gasteiger partial charge in [-0.25, -0.2) is 0 Å². The van der Waals surface area contributed by atoms with Gasteiger partial charge in [-0.2, -0.15) is 11.8 Å². The van der Waals surface area contributed by atoms with E-state index in [0.717, 1.165) is 57.3 Å². The molecule has 0 aromatic rings. The maximum Gasteiger partial charge on any atom is 0.229 e. The van der Waals surface area contributed by atoms with Gasteiger partial charge in [0, 0.05) is 37.8 Å². The van der Waals surface area contributed by atoms with Gasteiger partial charge in [-0.1, -0.05) is 0 Å². The number of ether oxygens (including phenoxy) is 1. The predicted octanol–water partition coefficient (Wildman–Crippen LogP) is 1.92. The Morgan fingerprint density at radius 1 is 1.33 bits per heavy atom. The first-order valence-electron chi connectivity index (χ1n) is 7.79. The molecule has 1 atom stereocenters. The lowest BCUT2D eigenvalue weighted by atomic mass is 9.93. The molecule has 1 unspecified atom stereocenters. The monoisotopic (exact) mass is 334 g/mol. The van der Waals surface area contributed by atoms with Crippen molar-refractivity contribution < 1.29 is 9.53 Å². The Hall–Kier alpha value is 0.0300. The van der Waals surface area contributed by atoms with Crippen LogP contribution in [-0.2, 0) is 9.53 Å². The fourth-order valence-electron chi connectivity index (χ4n) is 2.78. The third-order valence-electron chi connectivity index (χ3n) is 4.19. The molecule has 0 spiro atoms. The molecular weight excluding hydrogens is 308 g/mol. The molecule has 0 aliphatic carbocycles. The topological polar surface area (TPSA) is 32.8 Å². The van der Waals surface area contributed by atoms with Crippen LogP contribution in [0.3, 0.4) is 0 Å². The average molecular weight is 335 g/mol. The molecule has 0 N–H and O–H groups in total. The van der Waals surface area contributed by atoms with E-state index in [2.05, 4.69) is 9.80 Å². The lowest BCUT2D eigenvalue weighted by Gasteiger charge is -2.38. The van der Waals surface area contributed by atoms with Gasteiger partial charge in [0.25, 0.3) is 0 Å². The molecule has 0 radical (unpaired) electrons. The molecule has 2 aliphatic heterocycles. The molecule has 0 saturated carbocycles. The second-order valence-electron chi connectivity index (χ2n) is 6.51. The molecule has 1 amide bonds. The summed E-state index contributed by atoms with van der Waals surface area (Å²) in [4.78, 5) is 17.4. The maximum absolute atomic E-state index is 12.8. The summed E-state index contributed by atoms with van der Waals surface area (Å²) in [6.45, 7) is 9.28. The van der Waals surface area contributed by atoms with E-state index in [1.165, 1.54) is 0 Å². The van der Waals surface area contributed by atoms with Crippen LogP contribution in [0.1, 0.15) is 20.3 Å². The molecular formula is C15H27ClN2O2S. The number of rotatable bonds is 4. The second kappa shape index (κ2) is 8.04. The van der Waals surface area contributed by atoms with Crippen LogP contribution in [0.2, 0.25) is 0 Å². The Morgan fingerprint density at radius 2 is 2.05 bits per heavy atom. The first-order valence-corrected chi connectivity index (χ1v) is 9.48. The van der Waals surface area contributed by atoms with Crippen molar-refractivity contribution in [2.75, 3.05) is 56.8 Å². The number of morpholine rings is 1. The highest BCUT2D eigenvalue weighted by Crippen LogP contribution is 2.26. The van der Waals surface area contributed by atoms with Crippen molar-refractivity contribution in [3.8, 4) is 0 Å². The molecule has 4 nitrogen and oxygen atoms in total. The number of hydrogen-bond acceptors (Lipinski definition) is 4. The van der Waals surface area contributed by atoms with Crippen LogP contribution in [0.4, 0.5) is 0 Å². The zero-order valence-corrected chi connectivity index (χ0v) is 14.7. The largest absolute Gasteiger partial charge is 0.379 e. The molecule has 21 heavy (non-hydrogen) atoms. The Balaban J connectivity index is 2.04. The number of carbonyl (C=O) groups excluding carboxylic acids is 1. The van der Waals surface area contributed by atoms with Gasteiger partial charge < -0.3 is 9.64 Å². The van der Waals surface area contributed by atoms with Gasteiger partial charge in [-0.15, -0.1) is 11.6 Å². The lowest BCUT2D eigenvalue weighted by Crippen LogP contribution is -2.53. The van der Waals surface area contributed by atoms with Gasteiger partial charge in [0.15, 0.2) is 0 Å². The molecule has 6 heteroatoms. The number of carbonyl (C=O) groups is 1. The Kier molecular flexibility index (Phi) is 6.66. The highest BCUT2D eigenvalue weighted by Gasteiger charge is 2.36. The van der Waals surface area contributed by atoms with E-state index in [-0.39, 0.29) is 5.91 Å². The number of hydrogen-bond donors (Lipinski definition) is 0. The van der Waals surface area contributed by atoms with E-state index in [4.69, 9.17) is 16.3 Å². The van der Waals surface area contributed by atoms with E-state index >= 15 is 0 Å². The smallest absolute Gasteiger partial charge is 0.229 e. The molecule has 2 rings (SSSR count). The van der Waals surface area contributed by atoms with Gasteiger partial charge in [0.05, 0.1) is 24.7 Å². The van der Waals surface area contributed by atoms with Crippen molar-refractivity contribution in [2.24, 2.45) is 5.41 Å². The second-order valence-corrected chi connectivity index (χ2v) is 7.93. The van der Waals surface area contributed by atoms with Crippen LogP contribution in [0.5, 0.6) is 0 Å². The highest BCUT2D eigenvalue weighted by molar-refractivity contribution is 7.99. The van der Waals surface area contributed by atoms with E-state index in [0.29, 0.717) is 11.9 Å². The summed E-state index contributed by atoms with van der Waals surface area (Å²) in [5, 5.41) is 0. The Labute approximate surface area is 137 Å². The van der Waals surface area contributed by atoms with Crippen molar-refractivity contribution in [3.05, 3.63) is 0 Å². The summed E-state index contributed by atoms with van der Waals surface area (Å²) in [6.07, 6.45) is 1.08. The minimum Gasteiger partial charge on any atom is -0.379 e. The van der Waals surface area contributed by atoms with Crippen LogP contribution >= 0.6 is 23.4 Å². The maximum atomic E-state index is 12.8. The molecule has 0 aromatic carbocycles. The van der Waals surface area contributed by atoms with Crippen molar-refractivity contribution >= 4 is 29.3 Å². The number of nitrogens with zero attached hydrogens (tertiary/aromatic N) is 2. The summed E-state index contributed by atoms with van der Waals surface area (Å²) in [5.41, 5.74) is -0.472. The predicted molar refractivity (Wildman–Crippen MR) is 89.2 cm³/mol. The molecule has 2 fully saturated rings. The van der Waals surface area contributed by atoms with Crippen LogP contribution in [0, 0.1) is 5.41 Å². The molecule has 2 saturated heterocycles. The SMILES string of the molecule is CC(C)(CCl)C(=O)N1CCCSCC1CN1CCOCC1. The van der Waals surface area contributed by atoms with Gasteiger partial charge >= 0.3 is 0 Å². The quantitative estimate of drug-likeness (QED) is 0.735. The zero-order chi connectivity index (χ0) is 15.3. The summed E-state index contributed by atoms with van der Waals surface area (Å²) in [7, 11) is 0. The third kappa shape index (κ3) is 4.75. The normalized spacial score (nSPS) is 25.7. The van der Waals surface area contributed by atoms with Gasteiger partial charge in [0.1, 0.15) is 0 Å². The minimum absolute atomic E-state index is 0.207. The summed E-state index contributed by atoms with van der Waals surface area (Å²) in [6, 6.07) is 0.297. The molecule has 2 heterocycles. The summed E-state index contributed by atoms with van der Waals surface area (Å²) in [5.74, 6) is 2.75. The van der Waals surface area contributed by atoms with Crippen LogP contribution in [0.25, 0.3) is 0 Å². The van der Waals surface area contributed by atoms with Crippen LogP contribution in [-0.4, -0.2) is 78.5 Å². The number of thioether (sulfide) groups is 1. The first-order chi connectivity index (χ1) is 10.0. The van der Waals surface area contributed by atoms with E-state index < -0.39 is 5.41 Å².